The first-order chi connectivity index (χ1) is 11.8. The second-order valence-electron chi connectivity index (χ2n) is 6.74. The van der Waals surface area contributed by atoms with Crippen molar-refractivity contribution in [3.8, 4) is 5.88 Å². The molecule has 1 aliphatic heterocycles. The summed E-state index contributed by atoms with van der Waals surface area (Å²) in [6, 6.07) is 4.10. The predicted octanol–water partition coefficient (Wildman–Crippen LogP) is 1.62. The largest absolute Gasteiger partial charge is 0.481 e. The Morgan fingerprint density at radius 1 is 1.12 bits per heavy atom. The van der Waals surface area contributed by atoms with Crippen LogP contribution in [0.15, 0.2) is 18.3 Å². The maximum atomic E-state index is 5.21. The summed E-state index contributed by atoms with van der Waals surface area (Å²) in [5, 5.41) is 7.76. The Bertz CT molecular complexity index is 690. The average Bonchev–Trinajstić information content (AvgIpc) is 3.22. The summed E-state index contributed by atoms with van der Waals surface area (Å²) in [6.07, 6.45) is 5.47. The van der Waals surface area contributed by atoms with Crippen molar-refractivity contribution in [1.29, 1.82) is 0 Å². The molecule has 3 heterocycles. The number of aromatic nitrogens is 3. The van der Waals surface area contributed by atoms with Crippen LogP contribution in [0.3, 0.4) is 0 Å². The summed E-state index contributed by atoms with van der Waals surface area (Å²) in [6.45, 7) is 6.34. The third-order valence-electron chi connectivity index (χ3n) is 5.14. The summed E-state index contributed by atoms with van der Waals surface area (Å²) in [7, 11) is 1.66. The Kier molecular flexibility index (Phi) is 4.49. The van der Waals surface area contributed by atoms with Crippen molar-refractivity contribution in [1.82, 2.24) is 25.0 Å². The number of ether oxygens (including phenoxy) is 1. The van der Waals surface area contributed by atoms with Crippen LogP contribution in [-0.2, 0) is 25.9 Å². The van der Waals surface area contributed by atoms with Crippen LogP contribution in [-0.4, -0.2) is 58.3 Å². The van der Waals surface area contributed by atoms with E-state index < -0.39 is 0 Å². The maximum absolute atomic E-state index is 5.21. The van der Waals surface area contributed by atoms with Crippen LogP contribution in [0.1, 0.15) is 28.9 Å². The van der Waals surface area contributed by atoms with Gasteiger partial charge in [-0.05, 0) is 36.5 Å². The summed E-state index contributed by atoms with van der Waals surface area (Å²) in [5.41, 5.74) is 5.40. The van der Waals surface area contributed by atoms with Crippen molar-refractivity contribution >= 4 is 0 Å². The van der Waals surface area contributed by atoms with Crippen LogP contribution < -0.4 is 4.74 Å². The van der Waals surface area contributed by atoms with E-state index in [-0.39, 0.29) is 0 Å². The number of methoxy groups -OCH3 is 1. The van der Waals surface area contributed by atoms with Gasteiger partial charge in [-0.1, -0.05) is 0 Å². The summed E-state index contributed by atoms with van der Waals surface area (Å²) in [4.78, 5) is 9.20. The number of hydrogen-bond donors (Lipinski definition) is 1. The molecule has 0 radical (unpaired) electrons. The minimum Gasteiger partial charge on any atom is -0.481 e. The second-order valence-corrected chi connectivity index (χ2v) is 6.74. The molecule has 0 bridgehead atoms. The standard InChI is InChI=1S/C18H25N5O/c1-24-18-11-14(5-6-19-18)12-22-7-9-23(10-8-22)13-17-15-3-2-4-16(15)20-21-17/h5-6,11H,2-4,7-10,12-13H2,1H3,(H,20,21). The highest BCUT2D eigenvalue weighted by Gasteiger charge is 2.22. The Morgan fingerprint density at radius 3 is 2.71 bits per heavy atom. The number of H-pyrrole nitrogens is 1. The predicted molar refractivity (Wildman–Crippen MR) is 92.0 cm³/mol. The lowest BCUT2D eigenvalue weighted by atomic mass is 10.1. The van der Waals surface area contributed by atoms with Gasteiger partial charge < -0.3 is 4.74 Å². The number of hydrogen-bond acceptors (Lipinski definition) is 5. The van der Waals surface area contributed by atoms with Crippen LogP contribution in [0.25, 0.3) is 0 Å². The highest BCUT2D eigenvalue weighted by Crippen LogP contribution is 2.24. The third kappa shape index (κ3) is 3.30. The fourth-order valence-corrected chi connectivity index (χ4v) is 3.75. The number of pyridine rings is 1. The molecule has 0 amide bonds. The molecule has 128 valence electrons. The van der Waals surface area contributed by atoms with E-state index in [1.165, 1.54) is 41.8 Å². The highest BCUT2D eigenvalue weighted by molar-refractivity contribution is 5.29. The molecule has 24 heavy (non-hydrogen) atoms. The van der Waals surface area contributed by atoms with Crippen molar-refractivity contribution in [2.24, 2.45) is 0 Å². The molecule has 1 aliphatic carbocycles. The Hall–Kier alpha value is -1.92. The molecule has 1 N–H and O–H groups in total. The molecule has 6 heteroatoms. The van der Waals surface area contributed by atoms with Gasteiger partial charge in [-0.25, -0.2) is 4.98 Å². The number of fused-ring (bicyclic) bond motifs is 1. The molecule has 0 atom stereocenters. The van der Waals surface area contributed by atoms with Crippen molar-refractivity contribution < 1.29 is 4.74 Å². The summed E-state index contributed by atoms with van der Waals surface area (Å²) < 4.78 is 5.21. The van der Waals surface area contributed by atoms with Crippen LogP contribution in [0, 0.1) is 0 Å². The highest BCUT2D eigenvalue weighted by atomic mass is 16.5. The molecule has 1 saturated heterocycles. The average molecular weight is 327 g/mol. The minimum atomic E-state index is 0.693. The normalized spacial score (nSPS) is 18.7. The van der Waals surface area contributed by atoms with Gasteiger partial charge in [0.15, 0.2) is 0 Å². The smallest absolute Gasteiger partial charge is 0.213 e. The molecule has 2 aromatic heterocycles. The lowest BCUT2D eigenvalue weighted by Gasteiger charge is -2.34. The molecule has 6 nitrogen and oxygen atoms in total. The van der Waals surface area contributed by atoms with Crippen molar-refractivity contribution in [3.63, 3.8) is 0 Å². The SMILES string of the molecule is COc1cc(CN2CCN(Cc3n[nH]c4c3CCC4)CC2)ccn1. The van der Waals surface area contributed by atoms with Gasteiger partial charge in [-0.2, -0.15) is 5.10 Å². The fraction of sp³-hybridized carbons (Fsp3) is 0.556. The first-order valence-corrected chi connectivity index (χ1v) is 8.80. The fourth-order valence-electron chi connectivity index (χ4n) is 3.75. The van der Waals surface area contributed by atoms with E-state index in [1.807, 2.05) is 12.3 Å². The molecule has 1 fully saturated rings. The molecule has 0 unspecified atom stereocenters. The molecular weight excluding hydrogens is 302 g/mol. The molecule has 2 aromatic rings. The first-order valence-electron chi connectivity index (χ1n) is 8.80. The summed E-state index contributed by atoms with van der Waals surface area (Å²) in [5.74, 6) is 0.693. The Labute approximate surface area is 142 Å². The molecule has 2 aliphatic rings. The van der Waals surface area contributed by atoms with E-state index in [4.69, 9.17) is 4.74 Å². The van der Waals surface area contributed by atoms with Gasteiger partial charge in [-0.15, -0.1) is 0 Å². The topological polar surface area (TPSA) is 57.3 Å². The number of piperazine rings is 1. The maximum Gasteiger partial charge on any atom is 0.213 e. The molecular formula is C18H25N5O. The van der Waals surface area contributed by atoms with Crippen LogP contribution in [0.5, 0.6) is 5.88 Å². The van der Waals surface area contributed by atoms with Crippen molar-refractivity contribution in [2.45, 2.75) is 32.4 Å². The van der Waals surface area contributed by atoms with Gasteiger partial charge in [0, 0.05) is 57.2 Å². The third-order valence-corrected chi connectivity index (χ3v) is 5.14. The van der Waals surface area contributed by atoms with Crippen LogP contribution in [0.2, 0.25) is 0 Å². The lowest BCUT2D eigenvalue weighted by Crippen LogP contribution is -2.45. The number of aromatic amines is 1. The zero-order valence-corrected chi connectivity index (χ0v) is 14.3. The molecule has 4 rings (SSSR count). The van der Waals surface area contributed by atoms with Gasteiger partial charge in [0.05, 0.1) is 12.8 Å². The number of aryl methyl sites for hydroxylation is 1. The van der Waals surface area contributed by atoms with Crippen molar-refractivity contribution in [2.75, 3.05) is 33.3 Å². The van der Waals surface area contributed by atoms with E-state index in [0.29, 0.717) is 5.88 Å². The zero-order chi connectivity index (χ0) is 16.4. The number of nitrogens with one attached hydrogen (secondary N) is 1. The van der Waals surface area contributed by atoms with Gasteiger partial charge in [-0.3, -0.25) is 14.9 Å². The van der Waals surface area contributed by atoms with E-state index >= 15 is 0 Å². The Balaban J connectivity index is 1.30. The van der Waals surface area contributed by atoms with Gasteiger partial charge in [0.25, 0.3) is 0 Å². The number of nitrogens with zero attached hydrogens (tertiary/aromatic N) is 4. The zero-order valence-electron chi connectivity index (χ0n) is 14.3. The quantitative estimate of drug-likeness (QED) is 0.904. The van der Waals surface area contributed by atoms with Gasteiger partial charge >= 0.3 is 0 Å². The van der Waals surface area contributed by atoms with Gasteiger partial charge in [0.1, 0.15) is 0 Å². The van der Waals surface area contributed by atoms with Crippen LogP contribution in [0.4, 0.5) is 0 Å². The van der Waals surface area contributed by atoms with Gasteiger partial charge in [0.2, 0.25) is 5.88 Å². The van der Waals surface area contributed by atoms with E-state index in [1.54, 1.807) is 7.11 Å². The molecule has 0 spiro atoms. The van der Waals surface area contributed by atoms with E-state index in [0.717, 1.165) is 39.3 Å². The first kappa shape index (κ1) is 15.6. The molecule has 0 saturated carbocycles. The van der Waals surface area contributed by atoms with Crippen LogP contribution >= 0.6 is 0 Å². The number of rotatable bonds is 5. The van der Waals surface area contributed by atoms with Crippen molar-refractivity contribution in [3.05, 3.63) is 40.8 Å². The minimum absolute atomic E-state index is 0.693. The summed E-state index contributed by atoms with van der Waals surface area (Å²) >= 11 is 0. The Morgan fingerprint density at radius 2 is 1.92 bits per heavy atom. The van der Waals surface area contributed by atoms with E-state index in [2.05, 4.69) is 31.0 Å². The second kappa shape index (κ2) is 6.91. The molecule has 0 aromatic carbocycles. The van der Waals surface area contributed by atoms with E-state index in [9.17, 15) is 0 Å². The monoisotopic (exact) mass is 327 g/mol. The lowest BCUT2D eigenvalue weighted by molar-refractivity contribution is 0.120.